The number of nitrogens with one attached hydrogen (secondary N) is 2. The second-order valence-corrected chi connectivity index (χ2v) is 7.76. The second-order valence-electron chi connectivity index (χ2n) is 7.76. The Hall–Kier alpha value is -1.97. The van der Waals surface area contributed by atoms with Crippen molar-refractivity contribution >= 4 is 41.8 Å². The van der Waals surface area contributed by atoms with Gasteiger partial charge >= 0.3 is 0 Å². The molecule has 4 unspecified atom stereocenters. The lowest BCUT2D eigenvalue weighted by Gasteiger charge is -2.18. The van der Waals surface area contributed by atoms with E-state index in [2.05, 4.69) is 27.8 Å². The van der Waals surface area contributed by atoms with Crippen molar-refractivity contribution < 1.29 is 14.0 Å². The third-order valence-corrected chi connectivity index (χ3v) is 6.11. The van der Waals surface area contributed by atoms with E-state index in [1.165, 1.54) is 11.0 Å². The van der Waals surface area contributed by atoms with E-state index < -0.39 is 0 Å². The number of benzene rings is 1. The molecule has 2 aliphatic carbocycles. The van der Waals surface area contributed by atoms with E-state index in [1.54, 1.807) is 20.0 Å². The lowest BCUT2D eigenvalue weighted by Crippen LogP contribution is -2.43. The van der Waals surface area contributed by atoms with Gasteiger partial charge in [0.15, 0.2) is 5.96 Å². The molecule has 2 N–H and O–H groups in total. The van der Waals surface area contributed by atoms with E-state index in [9.17, 15) is 14.0 Å². The summed E-state index contributed by atoms with van der Waals surface area (Å²) in [4.78, 5) is 30.9. The summed E-state index contributed by atoms with van der Waals surface area (Å²) < 4.78 is 13.6. The van der Waals surface area contributed by atoms with E-state index in [-0.39, 0.29) is 65.3 Å². The molecule has 0 radical (unpaired) electrons. The van der Waals surface area contributed by atoms with Crippen molar-refractivity contribution in [2.75, 3.05) is 20.1 Å². The molecule has 1 saturated carbocycles. The van der Waals surface area contributed by atoms with Gasteiger partial charge in [-0.3, -0.25) is 19.5 Å². The van der Waals surface area contributed by atoms with Gasteiger partial charge in [-0.25, -0.2) is 4.39 Å². The van der Waals surface area contributed by atoms with Crippen molar-refractivity contribution in [1.29, 1.82) is 0 Å². The van der Waals surface area contributed by atoms with Crippen molar-refractivity contribution in [3.63, 3.8) is 0 Å². The summed E-state index contributed by atoms with van der Waals surface area (Å²) >= 11 is 0. The van der Waals surface area contributed by atoms with Crippen LogP contribution in [0.5, 0.6) is 0 Å². The molecule has 0 spiro atoms. The van der Waals surface area contributed by atoms with Crippen LogP contribution in [0.3, 0.4) is 0 Å². The molecule has 2 amide bonds. The highest BCUT2D eigenvalue weighted by Crippen LogP contribution is 2.52. The predicted molar refractivity (Wildman–Crippen MR) is 119 cm³/mol. The Morgan fingerprint density at radius 1 is 1.17 bits per heavy atom. The quantitative estimate of drug-likeness (QED) is 0.209. The SMILES string of the molecule is CN=C(NCCN1C(=O)C2C3C=CC(C3)C2C1=O)NCc1ccc(C)c(F)c1.I. The van der Waals surface area contributed by atoms with E-state index >= 15 is 0 Å². The topological polar surface area (TPSA) is 73.8 Å². The fourth-order valence-electron chi connectivity index (χ4n) is 4.62. The Kier molecular flexibility index (Phi) is 6.60. The Balaban J connectivity index is 0.00000240. The average Bonchev–Trinajstić information content (AvgIpc) is 3.36. The fourth-order valence-corrected chi connectivity index (χ4v) is 4.62. The zero-order valence-electron chi connectivity index (χ0n) is 16.5. The summed E-state index contributed by atoms with van der Waals surface area (Å²) in [7, 11) is 1.64. The van der Waals surface area contributed by atoms with Crippen molar-refractivity contribution in [2.24, 2.45) is 28.7 Å². The minimum atomic E-state index is -0.234. The molecule has 1 aliphatic heterocycles. The molecule has 6 nitrogen and oxygen atoms in total. The molecule has 1 heterocycles. The summed E-state index contributed by atoms with van der Waals surface area (Å²) in [6.45, 7) is 2.90. The summed E-state index contributed by atoms with van der Waals surface area (Å²) in [5, 5.41) is 6.24. The molecule has 29 heavy (non-hydrogen) atoms. The van der Waals surface area contributed by atoms with Gasteiger partial charge in [-0.1, -0.05) is 24.3 Å². The van der Waals surface area contributed by atoms with Crippen LogP contribution in [0.25, 0.3) is 0 Å². The number of carbonyl (C=O) groups excluding carboxylic acids is 2. The summed E-state index contributed by atoms with van der Waals surface area (Å²) in [5.41, 5.74) is 1.42. The molecule has 2 bridgehead atoms. The summed E-state index contributed by atoms with van der Waals surface area (Å²) in [6.07, 6.45) is 5.13. The maximum absolute atomic E-state index is 13.6. The first-order chi connectivity index (χ1) is 13.5. The number of likely N-dealkylation sites (tertiary alicyclic amines) is 1. The van der Waals surface area contributed by atoms with Crippen LogP contribution in [0.15, 0.2) is 35.3 Å². The maximum Gasteiger partial charge on any atom is 0.233 e. The monoisotopic (exact) mass is 512 g/mol. The fraction of sp³-hybridized carbons (Fsp3) is 0.476. The van der Waals surface area contributed by atoms with Crippen molar-refractivity contribution in [2.45, 2.75) is 19.9 Å². The number of guanidine groups is 1. The molecule has 156 valence electrons. The summed E-state index contributed by atoms with van der Waals surface area (Å²) in [6, 6.07) is 5.10. The van der Waals surface area contributed by atoms with Crippen molar-refractivity contribution in [1.82, 2.24) is 15.5 Å². The highest BCUT2D eigenvalue weighted by molar-refractivity contribution is 14.0. The standard InChI is InChI=1S/C21H25FN4O2.HI/c1-12-3-4-13(9-16(12)22)11-25-21(23-2)24-7-8-26-19(27)17-14-5-6-15(10-14)18(17)20(26)28;/h3-6,9,14-15,17-18H,7-8,10-11H2,1-2H3,(H2,23,24,25);1H. The first kappa shape index (κ1) is 21.7. The highest BCUT2D eigenvalue weighted by Gasteiger charge is 2.58. The number of halogens is 2. The number of fused-ring (bicyclic) bond motifs is 5. The van der Waals surface area contributed by atoms with E-state index in [0.29, 0.717) is 31.2 Å². The lowest BCUT2D eigenvalue weighted by molar-refractivity contribution is -0.140. The van der Waals surface area contributed by atoms with Gasteiger partial charge in [-0.05, 0) is 42.4 Å². The van der Waals surface area contributed by atoms with Gasteiger partial charge < -0.3 is 10.6 Å². The van der Waals surface area contributed by atoms with Crippen LogP contribution in [0, 0.1) is 36.4 Å². The van der Waals surface area contributed by atoms with E-state index in [4.69, 9.17) is 0 Å². The Morgan fingerprint density at radius 2 is 1.83 bits per heavy atom. The lowest BCUT2D eigenvalue weighted by atomic mass is 9.85. The zero-order valence-corrected chi connectivity index (χ0v) is 18.9. The van der Waals surface area contributed by atoms with Crippen LogP contribution in [0.1, 0.15) is 17.5 Å². The molecule has 8 heteroatoms. The number of allylic oxidation sites excluding steroid dienone is 2. The number of hydrogen-bond donors (Lipinski definition) is 2. The van der Waals surface area contributed by atoms with Gasteiger partial charge in [0.05, 0.1) is 11.8 Å². The number of imide groups is 1. The van der Waals surface area contributed by atoms with Crippen LogP contribution in [-0.2, 0) is 16.1 Å². The van der Waals surface area contributed by atoms with Gasteiger partial charge in [-0.2, -0.15) is 0 Å². The number of aliphatic imine (C=N–C) groups is 1. The minimum absolute atomic E-state index is 0. The molecule has 4 rings (SSSR count). The third-order valence-electron chi connectivity index (χ3n) is 6.11. The molecule has 0 aromatic heterocycles. The number of aryl methyl sites for hydroxylation is 1. The van der Waals surface area contributed by atoms with Crippen LogP contribution in [0.4, 0.5) is 4.39 Å². The van der Waals surface area contributed by atoms with E-state index in [1.807, 2.05) is 6.07 Å². The molecule has 2 fully saturated rings. The number of nitrogens with zero attached hydrogens (tertiary/aromatic N) is 2. The molecular weight excluding hydrogens is 486 g/mol. The van der Waals surface area contributed by atoms with Crippen LogP contribution >= 0.6 is 24.0 Å². The van der Waals surface area contributed by atoms with Crippen LogP contribution in [-0.4, -0.2) is 42.8 Å². The normalized spacial score (nSPS) is 27.3. The summed E-state index contributed by atoms with van der Waals surface area (Å²) in [5.74, 6) is 0.387. The van der Waals surface area contributed by atoms with Gasteiger partial charge in [0.1, 0.15) is 5.82 Å². The Bertz CT molecular complexity index is 842. The van der Waals surface area contributed by atoms with E-state index in [0.717, 1.165) is 12.0 Å². The minimum Gasteiger partial charge on any atom is -0.355 e. The van der Waals surface area contributed by atoms with Crippen LogP contribution in [0.2, 0.25) is 0 Å². The average molecular weight is 512 g/mol. The van der Waals surface area contributed by atoms with Crippen molar-refractivity contribution in [3.8, 4) is 0 Å². The first-order valence-electron chi connectivity index (χ1n) is 9.72. The Morgan fingerprint density at radius 3 is 2.41 bits per heavy atom. The number of hydrogen-bond acceptors (Lipinski definition) is 3. The van der Waals surface area contributed by atoms with Gasteiger partial charge in [0, 0.05) is 26.7 Å². The second kappa shape index (κ2) is 8.81. The van der Waals surface area contributed by atoms with Gasteiger partial charge in [0.25, 0.3) is 0 Å². The largest absolute Gasteiger partial charge is 0.355 e. The molecule has 1 aromatic carbocycles. The number of carbonyl (C=O) groups is 2. The smallest absolute Gasteiger partial charge is 0.233 e. The first-order valence-corrected chi connectivity index (χ1v) is 9.72. The van der Waals surface area contributed by atoms with Gasteiger partial charge in [-0.15, -0.1) is 24.0 Å². The Labute approximate surface area is 187 Å². The molecule has 1 saturated heterocycles. The number of rotatable bonds is 5. The highest BCUT2D eigenvalue weighted by atomic mass is 127. The molecule has 3 aliphatic rings. The van der Waals surface area contributed by atoms with Crippen molar-refractivity contribution in [3.05, 3.63) is 47.3 Å². The molecular formula is C21H26FIN4O2. The molecule has 4 atom stereocenters. The zero-order chi connectivity index (χ0) is 19.8. The molecule has 1 aromatic rings. The van der Waals surface area contributed by atoms with Crippen LogP contribution < -0.4 is 10.6 Å². The number of amides is 2. The maximum atomic E-state index is 13.6. The third kappa shape index (κ3) is 4.04. The van der Waals surface area contributed by atoms with Gasteiger partial charge in [0.2, 0.25) is 11.8 Å². The predicted octanol–water partition coefficient (Wildman–Crippen LogP) is 2.22.